The van der Waals surface area contributed by atoms with Crippen LogP contribution in [0, 0.1) is 0 Å². The van der Waals surface area contributed by atoms with Gasteiger partial charge in [-0.05, 0) is 12.8 Å². The van der Waals surface area contributed by atoms with Gasteiger partial charge < -0.3 is 4.74 Å². The van der Waals surface area contributed by atoms with E-state index in [0.29, 0.717) is 18.3 Å². The van der Waals surface area contributed by atoms with E-state index in [4.69, 9.17) is 4.74 Å². The van der Waals surface area contributed by atoms with Gasteiger partial charge >= 0.3 is 0 Å². The van der Waals surface area contributed by atoms with Crippen LogP contribution in [0.3, 0.4) is 0 Å². The van der Waals surface area contributed by atoms with E-state index in [-0.39, 0.29) is 0 Å². The Morgan fingerprint density at radius 3 is 2.45 bits per heavy atom. The van der Waals surface area contributed by atoms with Gasteiger partial charge in [0.05, 0.1) is 0 Å². The number of nitrogens with zero attached hydrogens (tertiary/aromatic N) is 1. The Morgan fingerprint density at radius 1 is 1.27 bits per heavy atom. The minimum absolute atomic E-state index is 0.464. The lowest BCUT2D eigenvalue weighted by molar-refractivity contribution is 0.0421. The number of hydrogen-bond acceptors (Lipinski definition) is 2. The standard InChI is InChI=1S/C8H18FNO/c1-3-4-7-11-8-5-6-10(2)9/h3-8H2,1-2H3. The lowest BCUT2D eigenvalue weighted by Crippen LogP contribution is -2.10. The Balaban J connectivity index is 2.80. The molecule has 0 saturated carbocycles. The van der Waals surface area contributed by atoms with Gasteiger partial charge in [0.1, 0.15) is 0 Å². The van der Waals surface area contributed by atoms with Gasteiger partial charge in [-0.3, -0.25) is 0 Å². The van der Waals surface area contributed by atoms with E-state index in [1.807, 2.05) is 0 Å². The smallest absolute Gasteiger partial charge is 0.0479 e. The third-order valence-corrected chi connectivity index (χ3v) is 1.40. The Bertz CT molecular complexity index is 78.5. The average Bonchev–Trinajstić information content (AvgIpc) is 1.96. The van der Waals surface area contributed by atoms with E-state index >= 15 is 0 Å². The minimum atomic E-state index is 0.464. The van der Waals surface area contributed by atoms with Crippen LogP contribution in [0.15, 0.2) is 0 Å². The van der Waals surface area contributed by atoms with E-state index in [1.54, 1.807) is 0 Å². The van der Waals surface area contributed by atoms with E-state index in [2.05, 4.69) is 6.92 Å². The van der Waals surface area contributed by atoms with Crippen LogP contribution < -0.4 is 0 Å². The summed E-state index contributed by atoms with van der Waals surface area (Å²) in [6.45, 7) is 4.07. The summed E-state index contributed by atoms with van der Waals surface area (Å²) in [5, 5.41) is 0.684. The van der Waals surface area contributed by atoms with Crippen LogP contribution in [0.25, 0.3) is 0 Å². The highest BCUT2D eigenvalue weighted by Crippen LogP contribution is 1.91. The molecular weight excluding hydrogens is 145 g/mol. The van der Waals surface area contributed by atoms with E-state index in [0.717, 1.165) is 25.9 Å². The van der Waals surface area contributed by atoms with Crippen molar-refractivity contribution < 1.29 is 9.22 Å². The highest BCUT2D eigenvalue weighted by molar-refractivity contribution is 4.39. The van der Waals surface area contributed by atoms with Crippen molar-refractivity contribution in [3.8, 4) is 0 Å². The summed E-state index contributed by atoms with van der Waals surface area (Å²) in [5.74, 6) is 0. The molecule has 11 heavy (non-hydrogen) atoms. The topological polar surface area (TPSA) is 12.5 Å². The van der Waals surface area contributed by atoms with Gasteiger partial charge in [-0.1, -0.05) is 13.3 Å². The van der Waals surface area contributed by atoms with Gasteiger partial charge in [0, 0.05) is 26.8 Å². The van der Waals surface area contributed by atoms with Gasteiger partial charge in [0.2, 0.25) is 0 Å². The van der Waals surface area contributed by atoms with Crippen molar-refractivity contribution in [2.24, 2.45) is 0 Å². The zero-order valence-electron chi connectivity index (χ0n) is 7.48. The third-order valence-electron chi connectivity index (χ3n) is 1.40. The number of unbranched alkanes of at least 4 members (excludes halogenated alkanes) is 1. The maximum absolute atomic E-state index is 12.1. The lowest BCUT2D eigenvalue weighted by Gasteiger charge is -2.05. The van der Waals surface area contributed by atoms with Crippen molar-refractivity contribution in [1.82, 2.24) is 5.12 Å². The summed E-state index contributed by atoms with van der Waals surface area (Å²) < 4.78 is 17.3. The molecule has 2 nitrogen and oxygen atoms in total. The molecule has 0 atom stereocenters. The maximum atomic E-state index is 12.1. The molecule has 0 aliphatic heterocycles. The summed E-state index contributed by atoms with van der Waals surface area (Å²) >= 11 is 0. The summed E-state index contributed by atoms with van der Waals surface area (Å²) in [6.07, 6.45) is 3.03. The average molecular weight is 163 g/mol. The molecule has 0 aliphatic carbocycles. The molecule has 0 aromatic carbocycles. The van der Waals surface area contributed by atoms with Crippen LogP contribution in [-0.4, -0.2) is 31.9 Å². The number of hydrogen-bond donors (Lipinski definition) is 0. The van der Waals surface area contributed by atoms with Crippen molar-refractivity contribution in [2.75, 3.05) is 26.8 Å². The van der Waals surface area contributed by atoms with Crippen molar-refractivity contribution in [3.63, 3.8) is 0 Å². The van der Waals surface area contributed by atoms with Crippen molar-refractivity contribution in [1.29, 1.82) is 0 Å². The van der Waals surface area contributed by atoms with Crippen LogP contribution in [-0.2, 0) is 4.74 Å². The molecule has 0 aromatic heterocycles. The van der Waals surface area contributed by atoms with Crippen molar-refractivity contribution >= 4 is 0 Å². The monoisotopic (exact) mass is 163 g/mol. The third kappa shape index (κ3) is 9.85. The molecule has 0 spiro atoms. The van der Waals surface area contributed by atoms with Gasteiger partial charge in [0.15, 0.2) is 0 Å². The molecule has 0 rings (SSSR count). The van der Waals surface area contributed by atoms with E-state index in [9.17, 15) is 4.48 Å². The largest absolute Gasteiger partial charge is 0.381 e. The Hall–Kier alpha value is -0.150. The molecule has 0 amide bonds. The molecule has 3 heteroatoms. The fourth-order valence-corrected chi connectivity index (χ4v) is 0.733. The molecule has 0 fully saturated rings. The first-order valence-electron chi connectivity index (χ1n) is 4.22. The second-order valence-electron chi connectivity index (χ2n) is 2.65. The highest BCUT2D eigenvalue weighted by atomic mass is 19.2. The number of halogens is 1. The van der Waals surface area contributed by atoms with Crippen LogP contribution in [0.4, 0.5) is 4.48 Å². The lowest BCUT2D eigenvalue weighted by atomic mass is 10.4. The van der Waals surface area contributed by atoms with E-state index < -0.39 is 0 Å². The molecule has 0 aromatic rings. The quantitative estimate of drug-likeness (QED) is 0.420. The van der Waals surface area contributed by atoms with Gasteiger partial charge in [-0.15, -0.1) is 9.60 Å². The van der Waals surface area contributed by atoms with Gasteiger partial charge in [0.25, 0.3) is 0 Å². The Kier molecular flexibility index (Phi) is 7.84. The Labute approximate surface area is 68.3 Å². The number of ether oxygens (including phenoxy) is 1. The maximum Gasteiger partial charge on any atom is 0.0479 e. The van der Waals surface area contributed by atoms with Crippen LogP contribution in [0.2, 0.25) is 0 Å². The SMILES string of the molecule is CCCCOCCCN(C)F. The molecule has 0 bridgehead atoms. The molecule has 0 heterocycles. The summed E-state index contributed by atoms with van der Waals surface area (Å²) in [4.78, 5) is 0. The predicted molar refractivity (Wildman–Crippen MR) is 44.1 cm³/mol. The predicted octanol–water partition coefficient (Wildman–Crippen LogP) is 2.01. The fraction of sp³-hybridized carbons (Fsp3) is 1.00. The zero-order valence-corrected chi connectivity index (χ0v) is 7.48. The normalized spacial score (nSPS) is 10.9. The fourth-order valence-electron chi connectivity index (χ4n) is 0.733. The first-order valence-corrected chi connectivity index (χ1v) is 4.22. The number of rotatable bonds is 7. The van der Waals surface area contributed by atoms with Crippen molar-refractivity contribution in [3.05, 3.63) is 0 Å². The second-order valence-corrected chi connectivity index (χ2v) is 2.65. The molecule has 0 N–H and O–H groups in total. The van der Waals surface area contributed by atoms with Gasteiger partial charge in [-0.25, -0.2) is 0 Å². The molecule has 0 radical (unpaired) electrons. The van der Waals surface area contributed by atoms with Crippen LogP contribution in [0.1, 0.15) is 26.2 Å². The summed E-state index contributed by atoms with van der Waals surface area (Å²) in [7, 11) is 1.42. The molecule has 0 aliphatic rings. The van der Waals surface area contributed by atoms with Gasteiger partial charge in [-0.2, -0.15) is 0 Å². The van der Waals surface area contributed by atoms with Crippen molar-refractivity contribution in [2.45, 2.75) is 26.2 Å². The second kappa shape index (κ2) is 7.95. The molecule has 0 saturated heterocycles. The Morgan fingerprint density at radius 2 is 1.91 bits per heavy atom. The molecule has 0 unspecified atom stereocenters. The first-order chi connectivity index (χ1) is 5.27. The molecule has 68 valence electrons. The van der Waals surface area contributed by atoms with Crippen LogP contribution >= 0.6 is 0 Å². The minimum Gasteiger partial charge on any atom is -0.381 e. The summed E-state index contributed by atoms with van der Waals surface area (Å²) in [5.41, 5.74) is 0. The highest BCUT2D eigenvalue weighted by Gasteiger charge is 1.93. The van der Waals surface area contributed by atoms with E-state index in [1.165, 1.54) is 7.05 Å². The molecular formula is C8H18FNO. The first kappa shape index (κ1) is 10.8. The zero-order chi connectivity index (χ0) is 8.53. The van der Waals surface area contributed by atoms with Crippen LogP contribution in [0.5, 0.6) is 0 Å². The summed E-state index contributed by atoms with van der Waals surface area (Å²) in [6, 6.07) is 0.